The molecule has 1 amide bonds. The van der Waals surface area contributed by atoms with E-state index in [0.717, 1.165) is 23.7 Å². The molecule has 0 aromatic heterocycles. The monoisotopic (exact) mass is 287 g/mol. The molecule has 2 saturated carbocycles. The highest BCUT2D eigenvalue weighted by Gasteiger charge is 2.40. The molecule has 114 valence electrons. The number of amides is 1. The molecule has 2 fully saturated rings. The largest absolute Gasteiger partial charge is 0.480 e. The summed E-state index contributed by atoms with van der Waals surface area (Å²) in [6.45, 7) is 4.01. The van der Waals surface area contributed by atoms with Gasteiger partial charge in [0.25, 0.3) is 5.91 Å². The lowest BCUT2D eigenvalue weighted by atomic mass is 9.95. The zero-order valence-electron chi connectivity index (χ0n) is 13.0. The summed E-state index contributed by atoms with van der Waals surface area (Å²) in [7, 11) is 0. The molecule has 21 heavy (non-hydrogen) atoms. The van der Waals surface area contributed by atoms with Gasteiger partial charge in [0.2, 0.25) is 0 Å². The summed E-state index contributed by atoms with van der Waals surface area (Å²) in [5, 5.41) is 3.24. The van der Waals surface area contributed by atoms with Crippen LogP contribution in [0.25, 0.3) is 0 Å². The summed E-state index contributed by atoms with van der Waals surface area (Å²) in [6, 6.07) is 8.26. The molecule has 4 atom stereocenters. The first-order chi connectivity index (χ1) is 10.2. The summed E-state index contributed by atoms with van der Waals surface area (Å²) < 4.78 is 5.93. The molecule has 2 aliphatic rings. The number of aryl methyl sites for hydroxylation is 1. The Bertz CT molecular complexity index is 514. The topological polar surface area (TPSA) is 38.3 Å². The highest BCUT2D eigenvalue weighted by atomic mass is 16.5. The Morgan fingerprint density at radius 1 is 1.33 bits per heavy atom. The van der Waals surface area contributed by atoms with E-state index in [9.17, 15) is 4.79 Å². The molecule has 2 aliphatic carbocycles. The molecule has 0 spiro atoms. The Labute approximate surface area is 127 Å². The van der Waals surface area contributed by atoms with Gasteiger partial charge in [0.05, 0.1) is 0 Å². The number of hydrogen-bond acceptors (Lipinski definition) is 2. The second kappa shape index (κ2) is 6.08. The van der Waals surface area contributed by atoms with Gasteiger partial charge in [-0.25, -0.2) is 0 Å². The van der Waals surface area contributed by atoms with Crippen LogP contribution in [-0.2, 0) is 4.79 Å². The normalized spacial score (nSPS) is 28.4. The average Bonchev–Trinajstić information content (AvgIpc) is 3.09. The van der Waals surface area contributed by atoms with E-state index in [4.69, 9.17) is 4.74 Å². The van der Waals surface area contributed by atoms with Crippen molar-refractivity contribution in [2.75, 3.05) is 0 Å². The van der Waals surface area contributed by atoms with Gasteiger partial charge in [-0.15, -0.1) is 0 Å². The number of carbonyl (C=O) groups excluding carboxylic acids is 1. The standard InChI is InChI=1S/C18H25NO2/c1-3-16(21-17-7-5-4-6-12(17)2)18(20)19-15-11-13-8-9-14(15)10-13/h4-7,13-16H,3,8-11H2,1-2H3,(H,19,20)/t13-,14-,15-,16+/m1/s1. The molecule has 0 aliphatic heterocycles. The minimum Gasteiger partial charge on any atom is -0.480 e. The van der Waals surface area contributed by atoms with Gasteiger partial charge < -0.3 is 10.1 Å². The fourth-order valence-corrected chi connectivity index (χ4v) is 3.86. The molecular formula is C18H25NO2. The molecule has 3 nitrogen and oxygen atoms in total. The molecule has 0 saturated heterocycles. The molecule has 3 heteroatoms. The Kier molecular flexibility index (Phi) is 4.18. The molecule has 0 radical (unpaired) electrons. The second-order valence-corrected chi connectivity index (χ2v) is 6.57. The van der Waals surface area contributed by atoms with E-state index in [0.29, 0.717) is 18.4 Å². The summed E-state index contributed by atoms with van der Waals surface area (Å²) >= 11 is 0. The van der Waals surface area contributed by atoms with Crippen LogP contribution in [-0.4, -0.2) is 18.1 Å². The SMILES string of the molecule is CC[C@H](Oc1ccccc1C)C(=O)N[C@@H]1C[C@@H]2CC[C@@H]1C2. The van der Waals surface area contributed by atoms with E-state index in [-0.39, 0.29) is 12.0 Å². The third-order valence-corrected chi connectivity index (χ3v) is 5.09. The van der Waals surface area contributed by atoms with Crippen molar-refractivity contribution in [1.29, 1.82) is 0 Å². The summed E-state index contributed by atoms with van der Waals surface area (Å²) in [5.74, 6) is 2.42. The number of carbonyl (C=O) groups is 1. The van der Waals surface area contributed by atoms with Gasteiger partial charge in [-0.1, -0.05) is 31.5 Å². The molecule has 1 aromatic rings. The Morgan fingerprint density at radius 2 is 2.14 bits per heavy atom. The van der Waals surface area contributed by atoms with Crippen molar-refractivity contribution in [3.05, 3.63) is 29.8 Å². The summed E-state index contributed by atoms with van der Waals surface area (Å²) in [5.41, 5.74) is 1.07. The number of nitrogens with one attached hydrogen (secondary N) is 1. The number of benzene rings is 1. The van der Waals surface area contributed by atoms with Crippen LogP contribution in [0.2, 0.25) is 0 Å². The van der Waals surface area contributed by atoms with E-state index in [2.05, 4.69) is 5.32 Å². The van der Waals surface area contributed by atoms with Gasteiger partial charge >= 0.3 is 0 Å². The number of rotatable bonds is 5. The lowest BCUT2D eigenvalue weighted by Gasteiger charge is -2.26. The van der Waals surface area contributed by atoms with Crippen molar-refractivity contribution in [3.8, 4) is 5.75 Å². The molecular weight excluding hydrogens is 262 g/mol. The smallest absolute Gasteiger partial charge is 0.261 e. The minimum atomic E-state index is -0.384. The highest BCUT2D eigenvalue weighted by Crippen LogP contribution is 2.44. The van der Waals surface area contributed by atoms with Crippen LogP contribution in [0.1, 0.15) is 44.6 Å². The molecule has 0 heterocycles. The highest BCUT2D eigenvalue weighted by molar-refractivity contribution is 5.81. The van der Waals surface area contributed by atoms with Crippen LogP contribution < -0.4 is 10.1 Å². The first-order valence-electron chi connectivity index (χ1n) is 8.20. The molecule has 1 aromatic carbocycles. The maximum atomic E-state index is 12.5. The van der Waals surface area contributed by atoms with Crippen molar-refractivity contribution in [2.24, 2.45) is 11.8 Å². The predicted molar refractivity (Wildman–Crippen MR) is 83.3 cm³/mol. The Hall–Kier alpha value is -1.51. The van der Waals surface area contributed by atoms with Crippen LogP contribution in [0.3, 0.4) is 0 Å². The van der Waals surface area contributed by atoms with Crippen LogP contribution in [0, 0.1) is 18.8 Å². The average molecular weight is 287 g/mol. The van der Waals surface area contributed by atoms with Crippen molar-refractivity contribution < 1.29 is 9.53 Å². The second-order valence-electron chi connectivity index (χ2n) is 6.57. The Morgan fingerprint density at radius 3 is 2.76 bits per heavy atom. The number of hydrogen-bond donors (Lipinski definition) is 1. The van der Waals surface area contributed by atoms with Crippen LogP contribution >= 0.6 is 0 Å². The van der Waals surface area contributed by atoms with E-state index < -0.39 is 0 Å². The minimum absolute atomic E-state index is 0.0540. The fraction of sp³-hybridized carbons (Fsp3) is 0.611. The van der Waals surface area contributed by atoms with Crippen molar-refractivity contribution in [3.63, 3.8) is 0 Å². The van der Waals surface area contributed by atoms with Crippen LogP contribution in [0.15, 0.2) is 24.3 Å². The van der Waals surface area contributed by atoms with Gasteiger partial charge in [0.15, 0.2) is 6.10 Å². The van der Waals surface area contributed by atoms with Crippen LogP contribution in [0.4, 0.5) is 0 Å². The van der Waals surface area contributed by atoms with Gasteiger partial charge in [-0.05, 0) is 56.1 Å². The zero-order valence-corrected chi connectivity index (χ0v) is 13.0. The Balaban J connectivity index is 1.60. The summed E-state index contributed by atoms with van der Waals surface area (Å²) in [6.07, 6.45) is 5.42. The van der Waals surface area contributed by atoms with Gasteiger partial charge in [-0.3, -0.25) is 4.79 Å². The van der Waals surface area contributed by atoms with E-state index in [1.807, 2.05) is 38.1 Å². The third-order valence-electron chi connectivity index (χ3n) is 5.09. The van der Waals surface area contributed by atoms with Crippen molar-refractivity contribution in [2.45, 2.75) is 58.1 Å². The first-order valence-corrected chi connectivity index (χ1v) is 8.20. The van der Waals surface area contributed by atoms with E-state index >= 15 is 0 Å². The van der Waals surface area contributed by atoms with Gasteiger partial charge in [-0.2, -0.15) is 0 Å². The van der Waals surface area contributed by atoms with Gasteiger partial charge in [0, 0.05) is 6.04 Å². The molecule has 1 N–H and O–H groups in total. The maximum Gasteiger partial charge on any atom is 0.261 e. The van der Waals surface area contributed by atoms with E-state index in [1.54, 1.807) is 0 Å². The lowest BCUT2D eigenvalue weighted by molar-refractivity contribution is -0.129. The summed E-state index contributed by atoms with van der Waals surface area (Å²) in [4.78, 5) is 12.5. The quantitative estimate of drug-likeness (QED) is 0.900. The predicted octanol–water partition coefficient (Wildman–Crippen LogP) is 3.46. The molecule has 3 rings (SSSR count). The van der Waals surface area contributed by atoms with Gasteiger partial charge in [0.1, 0.15) is 5.75 Å². The van der Waals surface area contributed by atoms with Crippen molar-refractivity contribution in [1.82, 2.24) is 5.32 Å². The molecule has 0 unspecified atom stereocenters. The molecule has 2 bridgehead atoms. The zero-order chi connectivity index (χ0) is 14.8. The number of ether oxygens (including phenoxy) is 1. The lowest BCUT2D eigenvalue weighted by Crippen LogP contribution is -2.45. The first kappa shape index (κ1) is 14.4. The van der Waals surface area contributed by atoms with E-state index in [1.165, 1.54) is 19.3 Å². The maximum absolute atomic E-state index is 12.5. The van der Waals surface area contributed by atoms with Crippen molar-refractivity contribution >= 4 is 5.91 Å². The van der Waals surface area contributed by atoms with Crippen LogP contribution in [0.5, 0.6) is 5.75 Å². The number of fused-ring (bicyclic) bond motifs is 2. The number of para-hydroxylation sites is 1. The fourth-order valence-electron chi connectivity index (χ4n) is 3.86. The third kappa shape index (κ3) is 3.07.